The molecule has 2 aromatic carbocycles. The topological polar surface area (TPSA) is 98.7 Å². The molecule has 0 unspecified atom stereocenters. The Hall–Kier alpha value is -3.74. The molecule has 2 aromatic heterocycles. The molecule has 7 nitrogen and oxygen atoms in total. The number of rotatable bonds is 5. The highest BCUT2D eigenvalue weighted by Crippen LogP contribution is 2.31. The predicted molar refractivity (Wildman–Crippen MR) is 118 cm³/mol. The molecule has 0 spiro atoms. The quantitative estimate of drug-likeness (QED) is 0.529. The zero-order valence-corrected chi connectivity index (χ0v) is 17.3. The van der Waals surface area contributed by atoms with Gasteiger partial charge >= 0.3 is 0 Å². The van der Waals surface area contributed by atoms with Crippen molar-refractivity contribution < 1.29 is 4.79 Å². The Morgan fingerprint density at radius 1 is 1.10 bits per heavy atom. The second kappa shape index (κ2) is 7.94. The first-order valence-electron chi connectivity index (χ1n) is 9.87. The summed E-state index contributed by atoms with van der Waals surface area (Å²) in [7, 11) is 0. The van der Waals surface area contributed by atoms with E-state index in [-0.39, 0.29) is 11.9 Å². The number of nitrogens with two attached hydrogens (primary N) is 1. The SMILES string of the molecule is Cc1ccccc1C(=O)NCc1ccc(-c2nn(C(C)C)c3ncnc(N)c23)cc1. The monoisotopic (exact) mass is 400 g/mol. The minimum atomic E-state index is -0.0798. The smallest absolute Gasteiger partial charge is 0.251 e. The second-order valence-corrected chi connectivity index (χ2v) is 7.54. The maximum atomic E-state index is 12.4. The molecule has 4 aromatic rings. The third-order valence-electron chi connectivity index (χ3n) is 5.08. The molecule has 0 atom stereocenters. The third-order valence-corrected chi connectivity index (χ3v) is 5.08. The third kappa shape index (κ3) is 3.61. The van der Waals surface area contributed by atoms with Gasteiger partial charge in [-0.2, -0.15) is 5.10 Å². The first-order valence-corrected chi connectivity index (χ1v) is 9.87. The van der Waals surface area contributed by atoms with E-state index >= 15 is 0 Å². The van der Waals surface area contributed by atoms with Crippen molar-refractivity contribution in [2.45, 2.75) is 33.4 Å². The van der Waals surface area contributed by atoms with Crippen LogP contribution in [0.1, 0.15) is 41.4 Å². The first-order chi connectivity index (χ1) is 14.5. The number of aryl methyl sites for hydroxylation is 1. The van der Waals surface area contributed by atoms with Crippen LogP contribution >= 0.6 is 0 Å². The molecule has 0 aliphatic carbocycles. The lowest BCUT2D eigenvalue weighted by Gasteiger charge is -2.08. The Labute approximate surface area is 175 Å². The number of nitrogen functional groups attached to an aromatic ring is 1. The van der Waals surface area contributed by atoms with Crippen molar-refractivity contribution in [1.29, 1.82) is 0 Å². The second-order valence-electron chi connectivity index (χ2n) is 7.54. The summed E-state index contributed by atoms with van der Waals surface area (Å²) in [6, 6.07) is 15.6. The van der Waals surface area contributed by atoms with E-state index in [1.807, 2.05) is 60.1 Å². The van der Waals surface area contributed by atoms with Gasteiger partial charge in [-0.25, -0.2) is 14.6 Å². The fourth-order valence-corrected chi connectivity index (χ4v) is 3.44. The molecule has 4 rings (SSSR count). The van der Waals surface area contributed by atoms with Crippen LogP contribution in [0.25, 0.3) is 22.3 Å². The van der Waals surface area contributed by atoms with Crippen molar-refractivity contribution in [2.24, 2.45) is 0 Å². The number of anilines is 1. The van der Waals surface area contributed by atoms with Gasteiger partial charge in [-0.15, -0.1) is 0 Å². The number of carbonyl (C=O) groups is 1. The van der Waals surface area contributed by atoms with Gasteiger partial charge in [-0.1, -0.05) is 42.5 Å². The summed E-state index contributed by atoms with van der Waals surface area (Å²) in [4.78, 5) is 20.9. The molecule has 1 amide bonds. The molecule has 0 bridgehead atoms. The van der Waals surface area contributed by atoms with Crippen LogP contribution in [0, 0.1) is 6.92 Å². The molecule has 0 saturated heterocycles. The van der Waals surface area contributed by atoms with Crippen LogP contribution in [0.15, 0.2) is 54.9 Å². The van der Waals surface area contributed by atoms with E-state index in [1.54, 1.807) is 0 Å². The van der Waals surface area contributed by atoms with Crippen molar-refractivity contribution in [3.8, 4) is 11.3 Å². The summed E-state index contributed by atoms with van der Waals surface area (Å²) in [5.74, 6) is 0.334. The Morgan fingerprint density at radius 2 is 1.83 bits per heavy atom. The molecular formula is C23H24N6O. The molecule has 0 saturated carbocycles. The Morgan fingerprint density at radius 3 is 2.53 bits per heavy atom. The van der Waals surface area contributed by atoms with Crippen molar-refractivity contribution in [1.82, 2.24) is 25.1 Å². The first kappa shape index (κ1) is 19.6. The van der Waals surface area contributed by atoms with E-state index in [0.717, 1.165) is 33.4 Å². The van der Waals surface area contributed by atoms with Gasteiger partial charge < -0.3 is 11.1 Å². The lowest BCUT2D eigenvalue weighted by atomic mass is 10.1. The largest absolute Gasteiger partial charge is 0.383 e. The Balaban J connectivity index is 1.57. The molecule has 0 aliphatic rings. The summed E-state index contributed by atoms with van der Waals surface area (Å²) in [5.41, 5.74) is 11.2. The zero-order chi connectivity index (χ0) is 21.3. The van der Waals surface area contributed by atoms with Crippen LogP contribution in [-0.4, -0.2) is 25.7 Å². The normalized spacial score (nSPS) is 11.2. The number of fused-ring (bicyclic) bond motifs is 1. The summed E-state index contributed by atoms with van der Waals surface area (Å²) in [6.45, 7) is 6.48. The van der Waals surface area contributed by atoms with Crippen molar-refractivity contribution in [2.75, 3.05) is 5.73 Å². The molecular weight excluding hydrogens is 376 g/mol. The predicted octanol–water partition coefficient (Wildman–Crippen LogP) is 3.89. The number of nitrogens with zero attached hydrogens (tertiary/aromatic N) is 4. The lowest BCUT2D eigenvalue weighted by molar-refractivity contribution is 0.0950. The van der Waals surface area contributed by atoms with Gasteiger partial charge in [0.05, 0.1) is 5.39 Å². The highest BCUT2D eigenvalue weighted by Gasteiger charge is 2.18. The number of nitrogens with one attached hydrogen (secondary N) is 1. The lowest BCUT2D eigenvalue weighted by Crippen LogP contribution is -2.23. The van der Waals surface area contributed by atoms with E-state index < -0.39 is 0 Å². The van der Waals surface area contributed by atoms with Crippen molar-refractivity contribution >= 4 is 22.8 Å². The molecule has 152 valence electrons. The average Bonchev–Trinajstić information content (AvgIpc) is 3.14. The molecule has 30 heavy (non-hydrogen) atoms. The number of carbonyl (C=O) groups excluding carboxylic acids is 1. The van der Waals surface area contributed by atoms with E-state index in [2.05, 4.69) is 29.1 Å². The van der Waals surface area contributed by atoms with Gasteiger partial charge in [0.2, 0.25) is 0 Å². The van der Waals surface area contributed by atoms with Gasteiger partial charge in [0.1, 0.15) is 17.8 Å². The van der Waals surface area contributed by atoms with Gasteiger partial charge in [0.15, 0.2) is 5.65 Å². The number of benzene rings is 2. The van der Waals surface area contributed by atoms with Crippen molar-refractivity contribution in [3.05, 3.63) is 71.5 Å². The minimum Gasteiger partial charge on any atom is -0.383 e. The molecule has 0 aliphatic heterocycles. The van der Waals surface area contributed by atoms with Crippen molar-refractivity contribution in [3.63, 3.8) is 0 Å². The standard InChI is InChI=1S/C23H24N6O/c1-14(2)29-22-19(21(24)26-13-27-22)20(28-29)17-10-8-16(9-11-17)12-25-23(30)18-7-5-4-6-15(18)3/h4-11,13-14H,12H2,1-3H3,(H,25,30)(H2,24,26,27). The maximum absolute atomic E-state index is 12.4. The van der Waals surface area contributed by atoms with Crippen LogP contribution in [-0.2, 0) is 6.54 Å². The molecule has 7 heteroatoms. The fourth-order valence-electron chi connectivity index (χ4n) is 3.44. The Bertz CT molecular complexity index is 1210. The van der Waals surface area contributed by atoms with Gasteiger partial charge in [0, 0.05) is 23.7 Å². The van der Waals surface area contributed by atoms with Gasteiger partial charge in [-0.05, 0) is 38.0 Å². The highest BCUT2D eigenvalue weighted by molar-refractivity contribution is 5.98. The van der Waals surface area contributed by atoms with Gasteiger partial charge in [0.25, 0.3) is 5.91 Å². The molecule has 0 radical (unpaired) electrons. The molecule has 0 fully saturated rings. The minimum absolute atomic E-state index is 0.0798. The van der Waals surface area contributed by atoms with E-state index in [4.69, 9.17) is 10.8 Å². The maximum Gasteiger partial charge on any atom is 0.251 e. The number of aromatic nitrogens is 4. The highest BCUT2D eigenvalue weighted by atomic mass is 16.1. The summed E-state index contributed by atoms with van der Waals surface area (Å²) >= 11 is 0. The number of hydrogen-bond donors (Lipinski definition) is 2. The average molecular weight is 400 g/mol. The molecule has 3 N–H and O–H groups in total. The summed E-state index contributed by atoms with van der Waals surface area (Å²) in [6.07, 6.45) is 1.46. The number of amides is 1. The van der Waals surface area contributed by atoms with Crippen LogP contribution in [0.3, 0.4) is 0 Å². The van der Waals surface area contributed by atoms with E-state index in [0.29, 0.717) is 17.9 Å². The zero-order valence-electron chi connectivity index (χ0n) is 17.3. The Kier molecular flexibility index (Phi) is 5.18. The fraction of sp³-hybridized carbons (Fsp3) is 0.217. The van der Waals surface area contributed by atoms with E-state index in [1.165, 1.54) is 6.33 Å². The van der Waals surface area contributed by atoms with Gasteiger partial charge in [-0.3, -0.25) is 4.79 Å². The summed E-state index contributed by atoms with van der Waals surface area (Å²) < 4.78 is 1.86. The van der Waals surface area contributed by atoms with Crippen LogP contribution in [0.5, 0.6) is 0 Å². The number of hydrogen-bond acceptors (Lipinski definition) is 5. The van der Waals surface area contributed by atoms with E-state index in [9.17, 15) is 4.79 Å². The summed E-state index contributed by atoms with van der Waals surface area (Å²) in [5, 5.41) is 8.47. The van der Waals surface area contributed by atoms with Crippen LogP contribution in [0.2, 0.25) is 0 Å². The van der Waals surface area contributed by atoms with Crippen LogP contribution < -0.4 is 11.1 Å². The molecule has 2 heterocycles. The van der Waals surface area contributed by atoms with Crippen LogP contribution in [0.4, 0.5) is 5.82 Å².